The van der Waals surface area contributed by atoms with Crippen LogP contribution in [0.1, 0.15) is 29.9 Å². The van der Waals surface area contributed by atoms with Gasteiger partial charge in [-0.25, -0.2) is 0 Å². The summed E-state index contributed by atoms with van der Waals surface area (Å²) < 4.78 is 0. The summed E-state index contributed by atoms with van der Waals surface area (Å²) in [7, 11) is 0. The predicted molar refractivity (Wildman–Crippen MR) is 75.3 cm³/mol. The first kappa shape index (κ1) is 12.0. The van der Waals surface area contributed by atoms with Gasteiger partial charge in [0.2, 0.25) is 0 Å². The van der Waals surface area contributed by atoms with Crippen molar-refractivity contribution in [2.45, 2.75) is 20.3 Å². The smallest absolute Gasteiger partial charge is 0.0358 e. The highest BCUT2D eigenvalue weighted by Crippen LogP contribution is 2.17. The third kappa shape index (κ3) is 3.76. The molecule has 0 saturated carbocycles. The van der Waals surface area contributed by atoms with Crippen molar-refractivity contribution in [1.29, 1.82) is 0 Å². The second-order valence-corrected chi connectivity index (χ2v) is 5.51. The van der Waals surface area contributed by atoms with Crippen molar-refractivity contribution in [3.8, 4) is 11.8 Å². The Labute approximate surface area is 107 Å². The molecule has 1 heteroatoms. The summed E-state index contributed by atoms with van der Waals surface area (Å²) in [5, 5.41) is 2.15. The molecule has 0 N–H and O–H groups in total. The van der Waals surface area contributed by atoms with Crippen molar-refractivity contribution in [3.05, 3.63) is 57.8 Å². The minimum absolute atomic E-state index is 0.712. The first-order valence-electron chi connectivity index (χ1n) is 5.88. The predicted octanol–water partition coefficient (Wildman–Crippen LogP) is 4.35. The van der Waals surface area contributed by atoms with Crippen LogP contribution in [0.25, 0.3) is 0 Å². The Morgan fingerprint density at radius 1 is 1.06 bits per heavy atom. The van der Waals surface area contributed by atoms with Crippen molar-refractivity contribution in [2.24, 2.45) is 5.92 Å². The van der Waals surface area contributed by atoms with E-state index in [4.69, 9.17) is 0 Å². The van der Waals surface area contributed by atoms with Gasteiger partial charge >= 0.3 is 0 Å². The highest BCUT2D eigenvalue weighted by atomic mass is 32.1. The molecule has 0 radical (unpaired) electrons. The molecule has 0 aliphatic rings. The summed E-state index contributed by atoms with van der Waals surface area (Å²) in [6, 6.07) is 12.3. The first-order chi connectivity index (χ1) is 8.24. The van der Waals surface area contributed by atoms with Gasteiger partial charge in [-0.15, -0.1) is 11.3 Å². The van der Waals surface area contributed by atoms with Crippen molar-refractivity contribution in [3.63, 3.8) is 0 Å². The van der Waals surface area contributed by atoms with Crippen LogP contribution >= 0.6 is 11.3 Å². The number of hydrogen-bond acceptors (Lipinski definition) is 1. The summed E-state index contributed by atoms with van der Waals surface area (Å²) in [6.45, 7) is 4.49. The van der Waals surface area contributed by atoms with Gasteiger partial charge in [0, 0.05) is 21.4 Å². The van der Waals surface area contributed by atoms with E-state index in [1.54, 1.807) is 0 Å². The Balaban J connectivity index is 2.10. The van der Waals surface area contributed by atoms with E-state index in [0.29, 0.717) is 5.92 Å². The topological polar surface area (TPSA) is 0 Å². The van der Waals surface area contributed by atoms with Crippen molar-refractivity contribution in [2.75, 3.05) is 0 Å². The maximum atomic E-state index is 3.21. The highest BCUT2D eigenvalue weighted by Gasteiger charge is 2.00. The van der Waals surface area contributed by atoms with Crippen molar-refractivity contribution >= 4 is 11.3 Å². The average Bonchev–Trinajstić information content (AvgIpc) is 2.75. The van der Waals surface area contributed by atoms with Crippen LogP contribution in [-0.2, 0) is 6.42 Å². The quantitative estimate of drug-likeness (QED) is 0.685. The molecule has 0 spiro atoms. The summed E-state index contributed by atoms with van der Waals surface area (Å²) >= 11 is 1.81. The highest BCUT2D eigenvalue weighted by molar-refractivity contribution is 7.10. The molecular weight excluding hydrogens is 224 g/mol. The Morgan fingerprint density at radius 2 is 1.76 bits per heavy atom. The molecule has 0 unspecified atom stereocenters. The lowest BCUT2D eigenvalue weighted by Gasteiger charge is -1.98. The molecule has 2 aromatic rings. The van der Waals surface area contributed by atoms with Crippen LogP contribution in [0.2, 0.25) is 0 Å². The molecule has 0 nitrogen and oxygen atoms in total. The molecule has 86 valence electrons. The summed E-state index contributed by atoms with van der Waals surface area (Å²) in [5.74, 6) is 7.11. The van der Waals surface area contributed by atoms with Crippen LogP contribution in [0.15, 0.2) is 41.8 Å². The van der Waals surface area contributed by atoms with E-state index in [1.165, 1.54) is 4.88 Å². The molecule has 1 aromatic heterocycles. The van der Waals surface area contributed by atoms with Gasteiger partial charge in [-0.05, 0) is 30.5 Å². The van der Waals surface area contributed by atoms with Gasteiger partial charge in [0.25, 0.3) is 0 Å². The lowest BCUT2D eigenvalue weighted by molar-refractivity contribution is 0.654. The third-order valence-corrected chi connectivity index (χ3v) is 3.35. The van der Waals surface area contributed by atoms with E-state index in [9.17, 15) is 0 Å². The monoisotopic (exact) mass is 240 g/mol. The lowest BCUT2D eigenvalue weighted by Crippen LogP contribution is -1.89. The maximum Gasteiger partial charge on any atom is 0.0358 e. The minimum Gasteiger partial charge on any atom is -0.148 e. The summed E-state index contributed by atoms with van der Waals surface area (Å²) in [5.41, 5.74) is 2.21. The SMILES string of the molecule is CC(C)Cc1cc(C#Cc2ccccc2)cs1. The first-order valence-corrected chi connectivity index (χ1v) is 6.76. The zero-order chi connectivity index (χ0) is 12.1. The van der Waals surface area contributed by atoms with Crippen molar-refractivity contribution < 1.29 is 0 Å². The van der Waals surface area contributed by atoms with Crippen LogP contribution < -0.4 is 0 Å². The summed E-state index contributed by atoms with van der Waals surface area (Å²) in [4.78, 5) is 1.43. The zero-order valence-corrected chi connectivity index (χ0v) is 11.1. The molecule has 2 rings (SSSR count). The van der Waals surface area contributed by atoms with E-state index in [1.807, 2.05) is 41.7 Å². The van der Waals surface area contributed by atoms with Gasteiger partial charge in [0.1, 0.15) is 0 Å². The van der Waals surface area contributed by atoms with Crippen LogP contribution in [0, 0.1) is 17.8 Å². The van der Waals surface area contributed by atoms with Gasteiger partial charge < -0.3 is 0 Å². The van der Waals surface area contributed by atoms with Crippen LogP contribution in [0.5, 0.6) is 0 Å². The Morgan fingerprint density at radius 3 is 2.47 bits per heavy atom. The normalized spacial score (nSPS) is 10.1. The van der Waals surface area contributed by atoms with E-state index in [-0.39, 0.29) is 0 Å². The number of thiophene rings is 1. The molecule has 0 aliphatic heterocycles. The maximum absolute atomic E-state index is 3.21. The largest absolute Gasteiger partial charge is 0.148 e. The second-order valence-electron chi connectivity index (χ2n) is 4.52. The molecular formula is C16H16S. The molecule has 0 saturated heterocycles. The van der Waals surface area contributed by atoms with E-state index in [0.717, 1.165) is 17.5 Å². The fourth-order valence-electron chi connectivity index (χ4n) is 1.62. The molecule has 0 atom stereocenters. The Kier molecular flexibility index (Phi) is 4.01. The standard InChI is InChI=1S/C16H16S/c1-13(2)10-16-11-15(12-17-16)9-8-14-6-4-3-5-7-14/h3-7,11-13H,10H2,1-2H3. The fourth-order valence-corrected chi connectivity index (χ4v) is 2.65. The van der Waals surface area contributed by atoms with Crippen molar-refractivity contribution in [1.82, 2.24) is 0 Å². The van der Waals surface area contributed by atoms with E-state index in [2.05, 4.69) is 37.1 Å². The fraction of sp³-hybridized carbons (Fsp3) is 0.250. The van der Waals surface area contributed by atoms with Gasteiger partial charge in [0.05, 0.1) is 0 Å². The minimum atomic E-state index is 0.712. The molecule has 0 bridgehead atoms. The van der Waals surface area contributed by atoms with Gasteiger partial charge in [-0.3, -0.25) is 0 Å². The number of rotatable bonds is 2. The third-order valence-electron chi connectivity index (χ3n) is 2.39. The number of hydrogen-bond donors (Lipinski definition) is 0. The zero-order valence-electron chi connectivity index (χ0n) is 10.2. The van der Waals surface area contributed by atoms with Crippen LogP contribution in [0.3, 0.4) is 0 Å². The summed E-state index contributed by atoms with van der Waals surface area (Å²) in [6.07, 6.45) is 1.15. The van der Waals surface area contributed by atoms with E-state index < -0.39 is 0 Å². The molecule has 0 fully saturated rings. The van der Waals surface area contributed by atoms with Crippen LogP contribution in [-0.4, -0.2) is 0 Å². The molecule has 1 heterocycles. The molecule has 1 aromatic carbocycles. The van der Waals surface area contributed by atoms with Gasteiger partial charge in [-0.2, -0.15) is 0 Å². The van der Waals surface area contributed by atoms with Crippen LogP contribution in [0.4, 0.5) is 0 Å². The van der Waals surface area contributed by atoms with E-state index >= 15 is 0 Å². The second kappa shape index (κ2) is 5.70. The Bertz CT molecular complexity index is 523. The van der Waals surface area contributed by atoms with Gasteiger partial charge in [-0.1, -0.05) is 43.9 Å². The lowest BCUT2D eigenvalue weighted by atomic mass is 10.1. The van der Waals surface area contributed by atoms with Gasteiger partial charge in [0.15, 0.2) is 0 Å². The molecule has 0 aliphatic carbocycles. The number of benzene rings is 1. The Hall–Kier alpha value is -1.52. The average molecular weight is 240 g/mol. The molecule has 17 heavy (non-hydrogen) atoms. The molecule has 0 amide bonds.